The Hall–Kier alpha value is -0.0800. The highest BCUT2D eigenvalue weighted by Crippen LogP contribution is 2.25. The first-order chi connectivity index (χ1) is 2.97. The minimum Gasteiger partial charge on any atom is -0.314 e. The summed E-state index contributed by atoms with van der Waals surface area (Å²) in [4.78, 5) is 0. The van der Waals surface area contributed by atoms with Crippen molar-refractivity contribution in [2.75, 3.05) is 13.2 Å². The van der Waals surface area contributed by atoms with Gasteiger partial charge in [0.1, 0.15) is 6.54 Å². The molecule has 1 atom stereocenters. The summed E-state index contributed by atoms with van der Waals surface area (Å²) in [6.07, 6.45) is 2.24. The van der Waals surface area contributed by atoms with E-state index in [0.717, 1.165) is 6.10 Å². The molecule has 2 saturated heterocycles. The van der Waals surface area contributed by atoms with E-state index in [0.29, 0.717) is 0 Å². The van der Waals surface area contributed by atoms with E-state index in [1.165, 1.54) is 19.6 Å². The molecule has 0 saturated carbocycles. The van der Waals surface area contributed by atoms with E-state index in [-0.39, 0.29) is 0 Å². The van der Waals surface area contributed by atoms with E-state index in [4.69, 9.17) is 0 Å². The Labute approximate surface area is 36.8 Å². The summed E-state index contributed by atoms with van der Waals surface area (Å²) < 4.78 is 2.94. The summed E-state index contributed by atoms with van der Waals surface area (Å²) in [5, 5.41) is 0. The Kier molecular flexibility index (Phi) is 0.383. The summed E-state index contributed by atoms with van der Waals surface area (Å²) in [6, 6.07) is 0. The van der Waals surface area contributed by atoms with E-state index in [1.54, 1.807) is 0 Å². The van der Waals surface area contributed by atoms with E-state index < -0.39 is 0 Å². The van der Waals surface area contributed by atoms with E-state index >= 15 is 0 Å². The number of hydrogen-bond donors (Lipinski definition) is 1. The molecule has 1 unspecified atom stereocenters. The molecule has 34 valence electrons. The van der Waals surface area contributed by atoms with Crippen molar-refractivity contribution < 1.29 is 4.47 Å². The summed E-state index contributed by atoms with van der Waals surface area (Å²) in [5.74, 6) is 0. The summed E-state index contributed by atoms with van der Waals surface area (Å²) in [6.45, 7) is 2.40. The number of rotatable bonds is 0. The van der Waals surface area contributed by atoms with Crippen molar-refractivity contribution in [3.05, 3.63) is 0 Å². The molecular weight excluding hydrogens is 78.0 g/mol. The first-order valence-electron chi connectivity index (χ1n) is 2.40. The summed E-state index contributed by atoms with van der Waals surface area (Å²) in [7, 11) is 0. The highest BCUT2D eigenvalue weighted by atomic mass is 16.9. The molecule has 0 aliphatic carbocycles. The van der Waals surface area contributed by atoms with Crippen LogP contribution in [0.5, 0.6) is 0 Å². The van der Waals surface area contributed by atoms with Crippen molar-refractivity contribution >= 4 is 0 Å². The standard InChI is InChI=1S/C4H8NO/c1-2-6-4(1)3-5-6/h4-5H,1-3H2/q+1. The second-order valence-corrected chi connectivity index (χ2v) is 1.89. The smallest absolute Gasteiger partial charge is 0.205 e. The maximum Gasteiger partial charge on any atom is 0.205 e. The molecule has 0 aromatic heterocycles. The Balaban J connectivity index is 2.03. The van der Waals surface area contributed by atoms with Crippen LogP contribution in [0.3, 0.4) is 0 Å². The maximum absolute atomic E-state index is 3.09. The average Bonchev–Trinajstić information content (AvgIpc) is 1.54. The maximum atomic E-state index is 3.09. The minimum atomic E-state index is 0.852. The zero-order valence-corrected chi connectivity index (χ0v) is 3.61. The quantitative estimate of drug-likeness (QED) is 0.404. The lowest BCUT2D eigenvalue weighted by molar-refractivity contribution is -0.391. The third kappa shape index (κ3) is 0.172. The van der Waals surface area contributed by atoms with E-state index in [1.807, 2.05) is 0 Å². The molecule has 0 radical (unpaired) electrons. The number of hydrogen-bond acceptors (Lipinski definition) is 1. The zero-order valence-electron chi connectivity index (χ0n) is 3.61. The van der Waals surface area contributed by atoms with Gasteiger partial charge in [0.05, 0.1) is 6.42 Å². The second kappa shape index (κ2) is 0.768. The van der Waals surface area contributed by atoms with Crippen LogP contribution in [0.4, 0.5) is 0 Å². The van der Waals surface area contributed by atoms with Crippen LogP contribution in [-0.2, 0) is 4.47 Å². The number of hydroxylamine groups is 1. The first kappa shape index (κ1) is 2.99. The van der Waals surface area contributed by atoms with Crippen LogP contribution in [0, 0.1) is 0 Å². The Bertz CT molecular complexity index is 55.9. The van der Waals surface area contributed by atoms with Gasteiger partial charge in [-0.1, -0.05) is 5.48 Å². The monoisotopic (exact) mass is 86.1 g/mol. The van der Waals surface area contributed by atoms with Crippen molar-refractivity contribution in [3.63, 3.8) is 0 Å². The van der Waals surface area contributed by atoms with Crippen LogP contribution in [0.1, 0.15) is 6.42 Å². The van der Waals surface area contributed by atoms with Crippen molar-refractivity contribution in [1.82, 2.24) is 5.48 Å². The van der Waals surface area contributed by atoms with Crippen molar-refractivity contribution in [2.24, 2.45) is 0 Å². The van der Waals surface area contributed by atoms with Gasteiger partial charge in [-0.25, -0.2) is 0 Å². The van der Waals surface area contributed by atoms with Crippen LogP contribution in [0.15, 0.2) is 0 Å². The molecule has 1 N–H and O–H groups in total. The van der Waals surface area contributed by atoms with Crippen molar-refractivity contribution in [3.8, 4) is 0 Å². The predicted octanol–water partition coefficient (Wildman–Crippen LogP) is -0.171. The Morgan fingerprint density at radius 2 is 2.50 bits per heavy atom. The molecule has 0 aromatic rings. The highest BCUT2D eigenvalue weighted by molar-refractivity contribution is 4.78. The van der Waals surface area contributed by atoms with Crippen LogP contribution in [0.2, 0.25) is 0 Å². The molecule has 2 heterocycles. The third-order valence-electron chi connectivity index (χ3n) is 1.56. The van der Waals surface area contributed by atoms with Gasteiger partial charge in [-0.15, -0.1) is 0 Å². The SMILES string of the molecule is C1C[O+]2NCC12. The van der Waals surface area contributed by atoms with Gasteiger partial charge in [0, 0.05) is 0 Å². The fraction of sp³-hybridized carbons (Fsp3) is 1.00. The molecule has 0 bridgehead atoms. The second-order valence-electron chi connectivity index (χ2n) is 1.89. The molecule has 2 fully saturated rings. The van der Waals surface area contributed by atoms with Crippen LogP contribution in [0.25, 0.3) is 0 Å². The van der Waals surface area contributed by atoms with Gasteiger partial charge >= 0.3 is 0 Å². The third-order valence-corrected chi connectivity index (χ3v) is 1.56. The molecule has 0 aromatic carbocycles. The normalized spacial score (nSPS) is 43.0. The van der Waals surface area contributed by atoms with Gasteiger partial charge in [0.15, 0.2) is 6.61 Å². The van der Waals surface area contributed by atoms with Gasteiger partial charge in [-0.3, -0.25) is 0 Å². The minimum absolute atomic E-state index is 0.852. The molecule has 2 rings (SSSR count). The highest BCUT2D eigenvalue weighted by Gasteiger charge is 2.45. The van der Waals surface area contributed by atoms with Crippen LogP contribution >= 0.6 is 0 Å². The van der Waals surface area contributed by atoms with Crippen molar-refractivity contribution in [1.29, 1.82) is 0 Å². The molecule has 6 heavy (non-hydrogen) atoms. The van der Waals surface area contributed by atoms with Gasteiger partial charge in [0.2, 0.25) is 6.10 Å². The largest absolute Gasteiger partial charge is 0.314 e. The van der Waals surface area contributed by atoms with Crippen LogP contribution < -0.4 is 5.48 Å². The molecule has 0 amide bonds. The number of nitrogens with one attached hydrogen (secondary N) is 1. The molecule has 2 heteroatoms. The number of fused-ring (bicyclic) bond motifs is 1. The Morgan fingerprint density at radius 3 is 2.50 bits per heavy atom. The average molecular weight is 86.1 g/mol. The lowest BCUT2D eigenvalue weighted by Crippen LogP contribution is -2.63. The van der Waals surface area contributed by atoms with Crippen molar-refractivity contribution in [2.45, 2.75) is 12.5 Å². The van der Waals surface area contributed by atoms with Gasteiger partial charge in [-0.05, 0) is 0 Å². The molecule has 2 aliphatic heterocycles. The molecular formula is C4H8NO+. The van der Waals surface area contributed by atoms with Gasteiger partial charge < -0.3 is 4.47 Å². The molecule has 2 aliphatic rings. The Morgan fingerprint density at radius 1 is 1.67 bits per heavy atom. The van der Waals surface area contributed by atoms with Gasteiger partial charge in [0.25, 0.3) is 0 Å². The lowest BCUT2D eigenvalue weighted by Gasteiger charge is -2.42. The molecule has 0 spiro atoms. The fourth-order valence-corrected chi connectivity index (χ4v) is 0.896. The van der Waals surface area contributed by atoms with E-state index in [2.05, 4.69) is 9.95 Å². The molecule has 2 nitrogen and oxygen atoms in total. The topological polar surface area (TPSA) is 14.7 Å². The predicted molar refractivity (Wildman–Crippen MR) is 22.4 cm³/mol. The lowest BCUT2D eigenvalue weighted by atomic mass is 10.1. The zero-order chi connectivity index (χ0) is 3.98. The summed E-state index contributed by atoms with van der Waals surface area (Å²) in [5.41, 5.74) is 3.09. The van der Waals surface area contributed by atoms with E-state index in [9.17, 15) is 0 Å². The fourth-order valence-electron chi connectivity index (χ4n) is 0.896. The summed E-state index contributed by atoms with van der Waals surface area (Å²) >= 11 is 0. The van der Waals surface area contributed by atoms with Crippen LogP contribution in [-0.4, -0.2) is 19.3 Å². The van der Waals surface area contributed by atoms with Gasteiger partial charge in [-0.2, -0.15) is 0 Å². The first-order valence-corrected chi connectivity index (χ1v) is 2.40.